The Morgan fingerprint density at radius 3 is 2.24 bits per heavy atom. The van der Waals surface area contributed by atoms with Gasteiger partial charge in [-0.15, -0.1) is 0 Å². The first-order chi connectivity index (χ1) is 18.2. The molecule has 0 unspecified atom stereocenters. The number of carbonyl (C=O) groups excluding carboxylic acids is 2. The molecule has 0 fully saturated rings. The lowest BCUT2D eigenvalue weighted by Gasteiger charge is -2.25. The number of hydrogen-bond acceptors (Lipinski definition) is 10. The van der Waals surface area contributed by atoms with Crippen molar-refractivity contribution in [3.8, 4) is 23.0 Å². The Hall–Kier alpha value is -4.38. The molecule has 0 amide bonds. The molecule has 2 aromatic carbocycles. The molecule has 0 radical (unpaired) electrons. The van der Waals surface area contributed by atoms with Crippen LogP contribution in [0.4, 0.5) is 0 Å². The van der Waals surface area contributed by atoms with Gasteiger partial charge in [0.15, 0.2) is 27.8 Å². The van der Waals surface area contributed by atoms with Crippen molar-refractivity contribution in [1.29, 1.82) is 0 Å². The van der Waals surface area contributed by atoms with E-state index in [0.29, 0.717) is 43.4 Å². The third kappa shape index (κ3) is 4.92. The SMILES string of the molecule is COC(=O)C1=C(C)N=c2s/c(=C/c3ccc(OC(C)=O)c(OC)c3)c(=O)n2[C@H]1c1ccc(OC)c(OC)c1. The van der Waals surface area contributed by atoms with E-state index in [1.54, 1.807) is 49.4 Å². The predicted molar refractivity (Wildman–Crippen MR) is 140 cm³/mol. The standard InChI is InChI=1S/C27H26N2O8S/c1-14-23(26(32)36-6)24(17-8-10-18(33-3)21(13-17)35-5)29-25(31)22(38-27(29)28-14)12-16-7-9-19(37-15(2)30)20(11-16)34-4/h7-13,24H,1-6H3/b22-12+/t24-/m0/s1. The third-order valence-corrected chi connectivity index (χ3v) is 6.87. The van der Waals surface area contributed by atoms with E-state index < -0.39 is 18.0 Å². The summed E-state index contributed by atoms with van der Waals surface area (Å²) in [6.45, 7) is 3.00. The van der Waals surface area contributed by atoms with Gasteiger partial charge in [0.25, 0.3) is 5.56 Å². The molecule has 0 bridgehead atoms. The van der Waals surface area contributed by atoms with Gasteiger partial charge in [-0.3, -0.25) is 14.2 Å². The van der Waals surface area contributed by atoms with E-state index in [0.717, 1.165) is 0 Å². The van der Waals surface area contributed by atoms with E-state index >= 15 is 0 Å². The fraction of sp³-hybridized carbons (Fsp3) is 0.259. The van der Waals surface area contributed by atoms with Crippen LogP contribution in [0.3, 0.4) is 0 Å². The molecule has 0 aliphatic carbocycles. The Balaban J connectivity index is 1.92. The van der Waals surface area contributed by atoms with Crippen LogP contribution in [0.2, 0.25) is 0 Å². The molecule has 1 atom stereocenters. The normalized spacial score (nSPS) is 14.9. The molecular formula is C27H26N2O8S. The van der Waals surface area contributed by atoms with Crippen molar-refractivity contribution >= 4 is 29.4 Å². The van der Waals surface area contributed by atoms with Gasteiger partial charge in [-0.1, -0.05) is 23.5 Å². The molecule has 4 rings (SSSR count). The van der Waals surface area contributed by atoms with Gasteiger partial charge in [-0.05, 0) is 48.4 Å². The maximum absolute atomic E-state index is 13.8. The minimum Gasteiger partial charge on any atom is -0.493 e. The Bertz CT molecular complexity index is 1630. The number of rotatable bonds is 7. The number of ether oxygens (including phenoxy) is 5. The number of nitrogens with zero attached hydrogens (tertiary/aromatic N) is 2. The van der Waals surface area contributed by atoms with E-state index in [1.165, 1.54) is 51.3 Å². The summed E-state index contributed by atoms with van der Waals surface area (Å²) in [6, 6.07) is 9.36. The average Bonchev–Trinajstić information content (AvgIpc) is 3.21. The highest BCUT2D eigenvalue weighted by Gasteiger charge is 2.33. The van der Waals surface area contributed by atoms with Crippen molar-refractivity contribution in [2.75, 3.05) is 28.4 Å². The highest BCUT2D eigenvalue weighted by molar-refractivity contribution is 7.07. The molecule has 1 aliphatic rings. The number of aromatic nitrogens is 1. The van der Waals surface area contributed by atoms with Crippen LogP contribution in [0.5, 0.6) is 23.0 Å². The lowest BCUT2D eigenvalue weighted by atomic mass is 9.95. The smallest absolute Gasteiger partial charge is 0.338 e. The number of esters is 2. The van der Waals surface area contributed by atoms with Gasteiger partial charge in [0, 0.05) is 6.92 Å². The molecule has 3 aromatic rings. The zero-order valence-electron chi connectivity index (χ0n) is 21.7. The third-order valence-electron chi connectivity index (χ3n) is 5.89. The maximum atomic E-state index is 13.8. The molecular weight excluding hydrogens is 512 g/mol. The molecule has 0 spiro atoms. The number of thiazole rings is 1. The van der Waals surface area contributed by atoms with Crippen LogP contribution in [0.1, 0.15) is 31.0 Å². The van der Waals surface area contributed by atoms with Crippen molar-refractivity contribution in [1.82, 2.24) is 4.57 Å². The summed E-state index contributed by atoms with van der Waals surface area (Å²) in [5, 5.41) is 0. The summed E-state index contributed by atoms with van der Waals surface area (Å²) < 4.78 is 28.2. The number of carbonyl (C=O) groups is 2. The number of allylic oxidation sites excluding steroid dienone is 1. The van der Waals surface area contributed by atoms with Crippen LogP contribution in [-0.4, -0.2) is 44.9 Å². The summed E-state index contributed by atoms with van der Waals surface area (Å²) in [5.41, 5.74) is 1.61. The first kappa shape index (κ1) is 26.7. The zero-order chi connectivity index (χ0) is 27.6. The van der Waals surface area contributed by atoms with Gasteiger partial charge in [-0.2, -0.15) is 0 Å². The molecule has 0 N–H and O–H groups in total. The lowest BCUT2D eigenvalue weighted by molar-refractivity contribution is -0.136. The number of fused-ring (bicyclic) bond motifs is 1. The fourth-order valence-corrected chi connectivity index (χ4v) is 5.24. The second kappa shape index (κ2) is 10.9. The summed E-state index contributed by atoms with van der Waals surface area (Å²) in [6.07, 6.45) is 1.69. The van der Waals surface area contributed by atoms with Gasteiger partial charge in [0.1, 0.15) is 0 Å². The minimum absolute atomic E-state index is 0.242. The Morgan fingerprint density at radius 2 is 1.61 bits per heavy atom. The molecule has 1 aromatic heterocycles. The Kier molecular flexibility index (Phi) is 7.67. The van der Waals surface area contributed by atoms with E-state index in [-0.39, 0.29) is 16.9 Å². The molecule has 38 heavy (non-hydrogen) atoms. The average molecular weight is 539 g/mol. The van der Waals surface area contributed by atoms with Crippen LogP contribution >= 0.6 is 11.3 Å². The monoisotopic (exact) mass is 538 g/mol. The van der Waals surface area contributed by atoms with Crippen molar-refractivity contribution in [3.05, 3.63) is 78.5 Å². The number of hydrogen-bond donors (Lipinski definition) is 0. The largest absolute Gasteiger partial charge is 0.493 e. The summed E-state index contributed by atoms with van der Waals surface area (Å²) >= 11 is 1.19. The maximum Gasteiger partial charge on any atom is 0.338 e. The topological polar surface area (TPSA) is 115 Å². The summed E-state index contributed by atoms with van der Waals surface area (Å²) in [5.74, 6) is 0.502. The van der Waals surface area contributed by atoms with Crippen molar-refractivity contribution in [3.63, 3.8) is 0 Å². The molecule has 1 aliphatic heterocycles. The van der Waals surface area contributed by atoms with Crippen LogP contribution in [0.25, 0.3) is 6.08 Å². The molecule has 2 heterocycles. The lowest BCUT2D eigenvalue weighted by Crippen LogP contribution is -2.39. The van der Waals surface area contributed by atoms with Crippen molar-refractivity contribution in [2.45, 2.75) is 19.9 Å². The van der Waals surface area contributed by atoms with Crippen LogP contribution in [-0.2, 0) is 14.3 Å². The van der Waals surface area contributed by atoms with E-state index in [2.05, 4.69) is 4.99 Å². The molecule has 198 valence electrons. The zero-order valence-corrected chi connectivity index (χ0v) is 22.5. The second-order valence-electron chi connectivity index (χ2n) is 8.19. The predicted octanol–water partition coefficient (Wildman–Crippen LogP) is 2.36. The van der Waals surface area contributed by atoms with Gasteiger partial charge >= 0.3 is 11.9 Å². The highest BCUT2D eigenvalue weighted by Crippen LogP contribution is 2.36. The molecule has 11 heteroatoms. The van der Waals surface area contributed by atoms with Gasteiger partial charge in [0.05, 0.1) is 50.3 Å². The molecule has 0 saturated carbocycles. The fourth-order valence-electron chi connectivity index (χ4n) is 4.20. The van der Waals surface area contributed by atoms with Gasteiger partial charge in [0.2, 0.25) is 0 Å². The van der Waals surface area contributed by atoms with E-state index in [9.17, 15) is 14.4 Å². The van der Waals surface area contributed by atoms with Gasteiger partial charge < -0.3 is 23.7 Å². The first-order valence-electron chi connectivity index (χ1n) is 11.4. The van der Waals surface area contributed by atoms with Crippen LogP contribution in [0.15, 0.2) is 57.5 Å². The van der Waals surface area contributed by atoms with Crippen molar-refractivity contribution in [2.24, 2.45) is 4.99 Å². The first-order valence-corrected chi connectivity index (χ1v) is 12.2. The Morgan fingerprint density at radius 1 is 0.947 bits per heavy atom. The van der Waals surface area contributed by atoms with Crippen molar-refractivity contribution < 1.29 is 33.3 Å². The number of benzene rings is 2. The van der Waals surface area contributed by atoms with E-state index in [1.807, 2.05) is 0 Å². The number of methoxy groups -OCH3 is 4. The van der Waals surface area contributed by atoms with E-state index in [4.69, 9.17) is 23.7 Å². The minimum atomic E-state index is -0.804. The summed E-state index contributed by atoms with van der Waals surface area (Å²) in [7, 11) is 5.78. The van der Waals surface area contributed by atoms with Crippen LogP contribution in [0, 0.1) is 0 Å². The Labute approximate surface area is 222 Å². The molecule has 0 saturated heterocycles. The quantitative estimate of drug-likeness (QED) is 0.333. The van der Waals surface area contributed by atoms with Gasteiger partial charge in [-0.25, -0.2) is 9.79 Å². The highest BCUT2D eigenvalue weighted by atomic mass is 32.1. The molecule has 10 nitrogen and oxygen atoms in total. The second-order valence-corrected chi connectivity index (χ2v) is 9.20. The van der Waals surface area contributed by atoms with Crippen LogP contribution < -0.4 is 33.8 Å². The summed E-state index contributed by atoms with van der Waals surface area (Å²) in [4.78, 5) is 43.0.